The van der Waals surface area contributed by atoms with Gasteiger partial charge in [0.2, 0.25) is 0 Å². The monoisotopic (exact) mass is 380 g/mol. The Kier molecular flexibility index (Phi) is 16.7. The Hall–Kier alpha value is -0.0400. The van der Waals surface area contributed by atoms with Crippen LogP contribution < -0.4 is 0 Å². The first-order chi connectivity index (χ1) is 13.3. The molecular formula is C26H54N+. The standard InChI is InChI=1S/C26H54N/c1-3-5-7-8-9-10-11-12-13-14-15-16-17-18-19-20-24-27(23-6-4-2)25-21-22-26-27/h3-26H2,1-2H3/q+1. The zero-order valence-corrected chi connectivity index (χ0v) is 19.4. The van der Waals surface area contributed by atoms with Gasteiger partial charge in [0.05, 0.1) is 26.2 Å². The van der Waals surface area contributed by atoms with Crippen molar-refractivity contribution in [1.82, 2.24) is 0 Å². The van der Waals surface area contributed by atoms with Gasteiger partial charge in [-0.15, -0.1) is 0 Å². The Morgan fingerprint density at radius 1 is 0.407 bits per heavy atom. The van der Waals surface area contributed by atoms with Crippen LogP contribution in [0.1, 0.15) is 142 Å². The van der Waals surface area contributed by atoms with Gasteiger partial charge < -0.3 is 4.48 Å². The second-order valence-electron chi connectivity index (χ2n) is 9.60. The van der Waals surface area contributed by atoms with Crippen molar-refractivity contribution in [2.45, 2.75) is 142 Å². The molecule has 1 aliphatic heterocycles. The topological polar surface area (TPSA) is 0 Å². The number of nitrogens with zero attached hydrogens (tertiary/aromatic N) is 1. The Morgan fingerprint density at radius 2 is 0.741 bits per heavy atom. The Labute approximate surface area is 173 Å². The summed E-state index contributed by atoms with van der Waals surface area (Å²) >= 11 is 0. The summed E-state index contributed by atoms with van der Waals surface area (Å²) in [6, 6.07) is 0. The van der Waals surface area contributed by atoms with Gasteiger partial charge in [-0.2, -0.15) is 0 Å². The highest BCUT2D eigenvalue weighted by Gasteiger charge is 2.30. The summed E-state index contributed by atoms with van der Waals surface area (Å²) in [5, 5.41) is 0. The van der Waals surface area contributed by atoms with Crippen LogP contribution in [0, 0.1) is 0 Å². The molecule has 0 saturated carbocycles. The van der Waals surface area contributed by atoms with Crippen LogP contribution >= 0.6 is 0 Å². The highest BCUT2D eigenvalue weighted by atomic mass is 15.4. The number of hydrogen-bond acceptors (Lipinski definition) is 0. The number of rotatable bonds is 20. The summed E-state index contributed by atoms with van der Waals surface area (Å²) in [4.78, 5) is 0. The van der Waals surface area contributed by atoms with Crippen LogP contribution in [-0.4, -0.2) is 30.7 Å². The lowest BCUT2D eigenvalue weighted by molar-refractivity contribution is -0.917. The van der Waals surface area contributed by atoms with Crippen molar-refractivity contribution in [3.8, 4) is 0 Å². The second kappa shape index (κ2) is 18.0. The van der Waals surface area contributed by atoms with Gasteiger partial charge in [-0.1, -0.05) is 110 Å². The molecule has 0 aromatic carbocycles. The molecule has 1 heteroatoms. The molecule has 27 heavy (non-hydrogen) atoms. The molecule has 0 atom stereocenters. The molecule has 1 nitrogen and oxygen atoms in total. The van der Waals surface area contributed by atoms with E-state index in [4.69, 9.17) is 0 Å². The third kappa shape index (κ3) is 13.7. The van der Waals surface area contributed by atoms with Crippen LogP contribution in [0.25, 0.3) is 0 Å². The van der Waals surface area contributed by atoms with Crippen LogP contribution in [0.15, 0.2) is 0 Å². The molecule has 162 valence electrons. The molecule has 1 rings (SSSR count). The molecule has 0 bridgehead atoms. The molecule has 0 N–H and O–H groups in total. The van der Waals surface area contributed by atoms with E-state index < -0.39 is 0 Å². The van der Waals surface area contributed by atoms with Crippen LogP contribution in [0.2, 0.25) is 0 Å². The lowest BCUT2D eigenvalue weighted by Gasteiger charge is -2.34. The lowest BCUT2D eigenvalue weighted by Crippen LogP contribution is -2.46. The maximum atomic E-state index is 2.35. The average molecular weight is 381 g/mol. The molecule has 1 saturated heterocycles. The third-order valence-electron chi connectivity index (χ3n) is 6.99. The van der Waals surface area contributed by atoms with Crippen LogP contribution in [0.5, 0.6) is 0 Å². The van der Waals surface area contributed by atoms with E-state index in [-0.39, 0.29) is 0 Å². The van der Waals surface area contributed by atoms with Gasteiger partial charge in [-0.25, -0.2) is 0 Å². The minimum absolute atomic E-state index is 1.37. The zero-order chi connectivity index (χ0) is 19.5. The Balaban J connectivity index is 1.80. The van der Waals surface area contributed by atoms with Crippen LogP contribution in [-0.2, 0) is 0 Å². The molecule has 0 unspecified atom stereocenters. The number of likely N-dealkylation sites (tertiary alicyclic amines) is 1. The summed E-state index contributed by atoms with van der Waals surface area (Å²) in [5.41, 5.74) is 0. The van der Waals surface area contributed by atoms with Gasteiger partial charge in [-0.3, -0.25) is 0 Å². The van der Waals surface area contributed by atoms with Crippen molar-refractivity contribution in [2.75, 3.05) is 26.2 Å². The van der Waals surface area contributed by atoms with E-state index in [1.807, 2.05) is 0 Å². The molecule has 0 aromatic heterocycles. The van der Waals surface area contributed by atoms with Gasteiger partial charge in [-0.05, 0) is 19.3 Å². The summed E-state index contributed by atoms with van der Waals surface area (Å²) in [7, 11) is 0. The molecular weight excluding hydrogens is 326 g/mol. The average Bonchev–Trinajstić information content (AvgIpc) is 3.15. The van der Waals surface area contributed by atoms with Gasteiger partial charge >= 0.3 is 0 Å². The SMILES string of the molecule is CCCCCCCCCCCCCCCCCC[N+]1(CCCC)CCCC1. The van der Waals surface area contributed by atoms with Crippen molar-refractivity contribution in [3.05, 3.63) is 0 Å². The molecule has 1 heterocycles. The van der Waals surface area contributed by atoms with E-state index in [0.29, 0.717) is 0 Å². The Bertz CT molecular complexity index is 293. The van der Waals surface area contributed by atoms with E-state index in [1.54, 1.807) is 0 Å². The molecule has 0 aliphatic carbocycles. The first-order valence-corrected chi connectivity index (χ1v) is 13.2. The van der Waals surface area contributed by atoms with E-state index in [0.717, 1.165) is 0 Å². The maximum Gasteiger partial charge on any atom is 0.0788 e. The van der Waals surface area contributed by atoms with Gasteiger partial charge in [0, 0.05) is 12.8 Å². The predicted molar refractivity (Wildman–Crippen MR) is 123 cm³/mol. The minimum Gasteiger partial charge on any atom is -0.324 e. The summed E-state index contributed by atoms with van der Waals surface area (Å²) in [6.45, 7) is 10.6. The van der Waals surface area contributed by atoms with Crippen LogP contribution in [0.4, 0.5) is 0 Å². The van der Waals surface area contributed by atoms with Crippen molar-refractivity contribution >= 4 is 0 Å². The van der Waals surface area contributed by atoms with Gasteiger partial charge in [0.15, 0.2) is 0 Å². The quantitative estimate of drug-likeness (QED) is 0.146. The first-order valence-electron chi connectivity index (χ1n) is 13.2. The van der Waals surface area contributed by atoms with Crippen molar-refractivity contribution in [2.24, 2.45) is 0 Å². The molecule has 1 fully saturated rings. The number of quaternary nitrogens is 1. The van der Waals surface area contributed by atoms with Gasteiger partial charge in [0.25, 0.3) is 0 Å². The molecule has 0 spiro atoms. The second-order valence-corrected chi connectivity index (χ2v) is 9.60. The normalized spacial score (nSPS) is 16.2. The molecule has 0 aromatic rings. The van der Waals surface area contributed by atoms with E-state index in [1.165, 1.54) is 159 Å². The molecule has 1 aliphatic rings. The minimum atomic E-state index is 1.37. The smallest absolute Gasteiger partial charge is 0.0788 e. The Morgan fingerprint density at radius 3 is 1.15 bits per heavy atom. The summed E-state index contributed by atoms with van der Waals surface area (Å²) in [6.07, 6.45) is 29.4. The largest absolute Gasteiger partial charge is 0.324 e. The number of unbranched alkanes of at least 4 members (excludes halogenated alkanes) is 16. The molecule has 0 amide bonds. The van der Waals surface area contributed by atoms with Crippen LogP contribution in [0.3, 0.4) is 0 Å². The van der Waals surface area contributed by atoms with E-state index in [9.17, 15) is 0 Å². The van der Waals surface area contributed by atoms with Crippen molar-refractivity contribution < 1.29 is 4.48 Å². The predicted octanol–water partition coefficient (Wildman–Crippen LogP) is 8.66. The fourth-order valence-electron chi connectivity index (χ4n) is 5.05. The fourth-order valence-corrected chi connectivity index (χ4v) is 5.05. The highest BCUT2D eigenvalue weighted by Crippen LogP contribution is 2.22. The summed E-state index contributed by atoms with van der Waals surface area (Å²) in [5.74, 6) is 0. The van der Waals surface area contributed by atoms with Crippen molar-refractivity contribution in [1.29, 1.82) is 0 Å². The highest BCUT2D eigenvalue weighted by molar-refractivity contribution is 4.57. The fraction of sp³-hybridized carbons (Fsp3) is 1.00. The van der Waals surface area contributed by atoms with Crippen molar-refractivity contribution in [3.63, 3.8) is 0 Å². The first kappa shape index (κ1) is 25.0. The number of hydrogen-bond donors (Lipinski definition) is 0. The summed E-state index contributed by atoms with van der Waals surface area (Å²) < 4.78 is 1.48. The molecule has 0 radical (unpaired) electrons. The lowest BCUT2D eigenvalue weighted by atomic mass is 10.0. The maximum absolute atomic E-state index is 2.35. The third-order valence-corrected chi connectivity index (χ3v) is 6.99. The zero-order valence-electron chi connectivity index (χ0n) is 19.4. The van der Waals surface area contributed by atoms with E-state index in [2.05, 4.69) is 13.8 Å². The van der Waals surface area contributed by atoms with E-state index >= 15 is 0 Å². The van der Waals surface area contributed by atoms with Gasteiger partial charge in [0.1, 0.15) is 0 Å².